The molecule has 3 heteroatoms. The molecule has 0 saturated carbocycles. The smallest absolute Gasteiger partial charge is 0.0587 e. The van der Waals surface area contributed by atoms with E-state index in [2.05, 4.69) is 24.1 Å². The van der Waals surface area contributed by atoms with Crippen LogP contribution in [0.5, 0.6) is 0 Å². The van der Waals surface area contributed by atoms with Gasteiger partial charge >= 0.3 is 0 Å². The number of likely N-dealkylation sites (tertiary alicyclic amines) is 1. The van der Waals surface area contributed by atoms with Crippen molar-refractivity contribution in [3.05, 3.63) is 0 Å². The van der Waals surface area contributed by atoms with Crippen molar-refractivity contribution in [3.8, 4) is 0 Å². The van der Waals surface area contributed by atoms with Crippen molar-refractivity contribution < 1.29 is 4.74 Å². The van der Waals surface area contributed by atoms with Crippen LogP contribution in [0.2, 0.25) is 0 Å². The summed E-state index contributed by atoms with van der Waals surface area (Å²) in [5.74, 6) is 1.83. The van der Waals surface area contributed by atoms with Gasteiger partial charge in [0, 0.05) is 13.7 Å². The third kappa shape index (κ3) is 6.39. The Balaban J connectivity index is 1.95. The van der Waals surface area contributed by atoms with Gasteiger partial charge in [-0.15, -0.1) is 0 Å². The second kappa shape index (κ2) is 8.90. The largest absolute Gasteiger partial charge is 0.383 e. The Kier molecular flexibility index (Phi) is 7.82. The summed E-state index contributed by atoms with van der Waals surface area (Å²) < 4.78 is 5.00. The summed E-state index contributed by atoms with van der Waals surface area (Å²) >= 11 is 0. The van der Waals surface area contributed by atoms with E-state index in [1.165, 1.54) is 38.9 Å². The van der Waals surface area contributed by atoms with Gasteiger partial charge in [0.1, 0.15) is 0 Å². The Morgan fingerprint density at radius 3 is 2.53 bits per heavy atom. The molecule has 1 saturated heterocycles. The van der Waals surface area contributed by atoms with Gasteiger partial charge in [-0.25, -0.2) is 0 Å². The Labute approximate surface area is 107 Å². The van der Waals surface area contributed by atoms with Crippen molar-refractivity contribution in [1.29, 1.82) is 0 Å². The van der Waals surface area contributed by atoms with Crippen molar-refractivity contribution in [3.63, 3.8) is 0 Å². The fourth-order valence-electron chi connectivity index (χ4n) is 2.57. The molecule has 102 valence electrons. The maximum Gasteiger partial charge on any atom is 0.0587 e. The topological polar surface area (TPSA) is 24.5 Å². The molecule has 0 spiro atoms. The van der Waals surface area contributed by atoms with Crippen LogP contribution in [-0.2, 0) is 4.74 Å². The molecule has 0 aromatic heterocycles. The number of hydrogen-bond acceptors (Lipinski definition) is 3. The maximum absolute atomic E-state index is 5.00. The van der Waals surface area contributed by atoms with Crippen LogP contribution in [0.4, 0.5) is 0 Å². The first-order valence-electron chi connectivity index (χ1n) is 7.16. The molecule has 1 aliphatic rings. The predicted octanol–water partition coefficient (Wildman–Crippen LogP) is 1.98. The van der Waals surface area contributed by atoms with E-state index in [9.17, 15) is 0 Å². The highest BCUT2D eigenvalue weighted by Gasteiger charge is 2.20. The van der Waals surface area contributed by atoms with Gasteiger partial charge in [0.15, 0.2) is 0 Å². The summed E-state index contributed by atoms with van der Waals surface area (Å²) in [6.45, 7) is 11.5. The molecule has 1 aliphatic heterocycles. The molecule has 1 fully saturated rings. The van der Waals surface area contributed by atoms with E-state index < -0.39 is 0 Å². The van der Waals surface area contributed by atoms with Crippen molar-refractivity contribution in [2.75, 3.05) is 46.4 Å². The van der Waals surface area contributed by atoms with Crippen LogP contribution < -0.4 is 5.32 Å². The van der Waals surface area contributed by atoms with Crippen LogP contribution >= 0.6 is 0 Å². The normalized spacial score (nSPS) is 19.1. The van der Waals surface area contributed by atoms with Crippen LogP contribution in [0.25, 0.3) is 0 Å². The Morgan fingerprint density at radius 2 is 1.94 bits per heavy atom. The summed E-state index contributed by atoms with van der Waals surface area (Å²) in [6.07, 6.45) is 4.06. The third-order valence-corrected chi connectivity index (χ3v) is 3.89. The lowest BCUT2D eigenvalue weighted by molar-refractivity contribution is 0.155. The number of hydrogen-bond donors (Lipinski definition) is 1. The van der Waals surface area contributed by atoms with Gasteiger partial charge in [0.25, 0.3) is 0 Å². The summed E-state index contributed by atoms with van der Waals surface area (Å²) in [5.41, 5.74) is 0. The Hall–Kier alpha value is -0.120. The predicted molar refractivity (Wildman–Crippen MR) is 73.4 cm³/mol. The van der Waals surface area contributed by atoms with Gasteiger partial charge in [0.2, 0.25) is 0 Å². The monoisotopic (exact) mass is 242 g/mol. The van der Waals surface area contributed by atoms with Gasteiger partial charge < -0.3 is 15.0 Å². The highest BCUT2D eigenvalue weighted by Crippen LogP contribution is 2.24. The number of nitrogens with zero attached hydrogens (tertiary/aromatic N) is 1. The number of rotatable bonds is 8. The van der Waals surface area contributed by atoms with Crippen molar-refractivity contribution in [2.45, 2.75) is 33.1 Å². The average Bonchev–Trinajstić information content (AvgIpc) is 2.34. The molecule has 0 bridgehead atoms. The number of piperidine rings is 1. The minimum Gasteiger partial charge on any atom is -0.383 e. The van der Waals surface area contributed by atoms with Gasteiger partial charge in [-0.2, -0.15) is 0 Å². The molecule has 1 N–H and O–H groups in total. The molecule has 1 heterocycles. The van der Waals surface area contributed by atoms with E-state index in [4.69, 9.17) is 4.74 Å². The van der Waals surface area contributed by atoms with Crippen LogP contribution in [0, 0.1) is 11.8 Å². The van der Waals surface area contributed by atoms with Crippen molar-refractivity contribution >= 4 is 0 Å². The number of methoxy groups -OCH3 is 1. The molecular weight excluding hydrogens is 212 g/mol. The first-order chi connectivity index (χ1) is 8.24. The molecule has 1 rings (SSSR count). The van der Waals surface area contributed by atoms with Gasteiger partial charge in [0.05, 0.1) is 6.61 Å². The van der Waals surface area contributed by atoms with E-state index in [0.29, 0.717) is 0 Å². The first kappa shape index (κ1) is 14.9. The molecular formula is C14H30N2O. The lowest BCUT2D eigenvalue weighted by atomic mass is 9.87. The van der Waals surface area contributed by atoms with E-state index in [1.54, 1.807) is 7.11 Å². The molecule has 17 heavy (non-hydrogen) atoms. The molecule has 3 nitrogen and oxygen atoms in total. The zero-order chi connectivity index (χ0) is 12.5. The Morgan fingerprint density at radius 1 is 1.24 bits per heavy atom. The van der Waals surface area contributed by atoms with Crippen LogP contribution in [0.3, 0.4) is 0 Å². The summed E-state index contributed by atoms with van der Waals surface area (Å²) in [7, 11) is 1.75. The van der Waals surface area contributed by atoms with Gasteiger partial charge in [-0.05, 0) is 57.3 Å². The minimum atomic E-state index is 0.819. The molecule has 0 aromatic carbocycles. The summed E-state index contributed by atoms with van der Waals surface area (Å²) in [5, 5.41) is 3.40. The van der Waals surface area contributed by atoms with Crippen LogP contribution in [0.15, 0.2) is 0 Å². The molecule has 0 aromatic rings. The lowest BCUT2D eigenvalue weighted by Crippen LogP contribution is -2.36. The van der Waals surface area contributed by atoms with E-state index in [0.717, 1.165) is 31.5 Å². The second-order valence-corrected chi connectivity index (χ2v) is 5.52. The zero-order valence-electron chi connectivity index (χ0n) is 11.9. The zero-order valence-corrected chi connectivity index (χ0v) is 11.9. The fourth-order valence-corrected chi connectivity index (χ4v) is 2.57. The van der Waals surface area contributed by atoms with E-state index in [-0.39, 0.29) is 0 Å². The lowest BCUT2D eigenvalue weighted by Gasteiger charge is -2.33. The van der Waals surface area contributed by atoms with Crippen LogP contribution in [-0.4, -0.2) is 51.3 Å². The standard InChI is InChI=1S/C14H30N2O/c1-13(2)14-5-10-16(11-6-14)9-4-7-15-8-12-17-3/h13-15H,4-12H2,1-3H3. The molecule has 0 radical (unpaired) electrons. The average molecular weight is 242 g/mol. The van der Waals surface area contributed by atoms with Crippen molar-refractivity contribution in [2.24, 2.45) is 11.8 Å². The molecule has 0 atom stereocenters. The van der Waals surface area contributed by atoms with Crippen LogP contribution in [0.1, 0.15) is 33.1 Å². The molecule has 0 aliphatic carbocycles. The van der Waals surface area contributed by atoms with Crippen molar-refractivity contribution in [1.82, 2.24) is 10.2 Å². The highest BCUT2D eigenvalue weighted by molar-refractivity contribution is 4.74. The number of nitrogens with one attached hydrogen (secondary N) is 1. The van der Waals surface area contributed by atoms with Gasteiger partial charge in [-0.3, -0.25) is 0 Å². The second-order valence-electron chi connectivity index (χ2n) is 5.52. The maximum atomic E-state index is 5.00. The van der Waals surface area contributed by atoms with Gasteiger partial charge in [-0.1, -0.05) is 13.8 Å². The van der Waals surface area contributed by atoms with E-state index in [1.807, 2.05) is 0 Å². The fraction of sp³-hybridized carbons (Fsp3) is 1.00. The SMILES string of the molecule is COCCNCCCN1CCC(C(C)C)CC1. The third-order valence-electron chi connectivity index (χ3n) is 3.89. The number of ether oxygens (including phenoxy) is 1. The summed E-state index contributed by atoms with van der Waals surface area (Å²) in [6, 6.07) is 0. The Bertz CT molecular complexity index is 177. The minimum absolute atomic E-state index is 0.819. The van der Waals surface area contributed by atoms with E-state index >= 15 is 0 Å². The quantitative estimate of drug-likeness (QED) is 0.659. The first-order valence-corrected chi connectivity index (χ1v) is 7.16. The highest BCUT2D eigenvalue weighted by atomic mass is 16.5. The molecule has 0 amide bonds. The molecule has 0 unspecified atom stereocenters. The summed E-state index contributed by atoms with van der Waals surface area (Å²) in [4.78, 5) is 2.62.